The first-order valence-electron chi connectivity index (χ1n) is 7.18. The van der Waals surface area contributed by atoms with Crippen molar-refractivity contribution in [2.24, 2.45) is 5.73 Å². The molecule has 1 saturated heterocycles. The van der Waals surface area contributed by atoms with Crippen LogP contribution < -0.4 is 15.2 Å². The summed E-state index contributed by atoms with van der Waals surface area (Å²) in [5.74, 6) is 1.44. The molecular weight excluding hydrogens is 256 g/mol. The number of amides is 1. The molecule has 3 rings (SSSR count). The average molecular weight is 276 g/mol. The fraction of sp³-hybridized carbons (Fsp3) is 0.533. The third-order valence-corrected chi connectivity index (χ3v) is 3.82. The Labute approximate surface area is 118 Å². The van der Waals surface area contributed by atoms with E-state index in [9.17, 15) is 4.79 Å². The van der Waals surface area contributed by atoms with Crippen molar-refractivity contribution in [3.05, 3.63) is 23.8 Å². The van der Waals surface area contributed by atoms with Gasteiger partial charge in [-0.15, -0.1) is 0 Å². The first-order valence-corrected chi connectivity index (χ1v) is 7.18. The van der Waals surface area contributed by atoms with Gasteiger partial charge in [-0.1, -0.05) is 0 Å². The first-order chi connectivity index (χ1) is 9.74. The summed E-state index contributed by atoms with van der Waals surface area (Å²) in [4.78, 5) is 14.3. The number of hydrogen-bond donors (Lipinski definition) is 1. The van der Waals surface area contributed by atoms with Gasteiger partial charge in [-0.2, -0.15) is 0 Å². The summed E-state index contributed by atoms with van der Waals surface area (Å²) >= 11 is 0. The van der Waals surface area contributed by atoms with Gasteiger partial charge >= 0.3 is 0 Å². The molecule has 0 aromatic heterocycles. The molecule has 108 valence electrons. The average Bonchev–Trinajstić information content (AvgIpc) is 2.71. The number of ether oxygens (including phenoxy) is 2. The normalized spacial score (nSPS) is 19.6. The summed E-state index contributed by atoms with van der Waals surface area (Å²) in [5, 5.41) is 0. The molecule has 2 heterocycles. The molecule has 1 aromatic rings. The van der Waals surface area contributed by atoms with Crippen LogP contribution in [-0.4, -0.2) is 43.2 Å². The number of likely N-dealkylation sites (tertiary alicyclic amines) is 1. The molecule has 0 spiro atoms. The number of nitrogens with two attached hydrogens (primary N) is 1. The molecule has 2 N–H and O–H groups in total. The van der Waals surface area contributed by atoms with E-state index in [1.165, 1.54) is 0 Å². The SMILES string of the molecule is NC1CCN(C(=O)c2ccc3c(c2)OCCCO3)CC1. The molecule has 0 saturated carbocycles. The van der Waals surface area contributed by atoms with Crippen molar-refractivity contribution < 1.29 is 14.3 Å². The van der Waals surface area contributed by atoms with Gasteiger partial charge in [0.2, 0.25) is 0 Å². The Hall–Kier alpha value is -1.75. The molecule has 0 unspecified atom stereocenters. The second-order valence-corrected chi connectivity index (χ2v) is 5.34. The van der Waals surface area contributed by atoms with Gasteiger partial charge < -0.3 is 20.1 Å². The Kier molecular flexibility index (Phi) is 3.78. The quantitative estimate of drug-likeness (QED) is 0.842. The fourth-order valence-electron chi connectivity index (χ4n) is 2.58. The van der Waals surface area contributed by atoms with Gasteiger partial charge in [0.05, 0.1) is 13.2 Å². The second kappa shape index (κ2) is 5.71. The summed E-state index contributed by atoms with van der Waals surface area (Å²) < 4.78 is 11.2. The molecule has 5 nitrogen and oxygen atoms in total. The molecule has 1 amide bonds. The summed E-state index contributed by atoms with van der Waals surface area (Å²) in [5.41, 5.74) is 6.53. The van der Waals surface area contributed by atoms with Crippen molar-refractivity contribution >= 4 is 5.91 Å². The number of nitrogens with zero attached hydrogens (tertiary/aromatic N) is 1. The smallest absolute Gasteiger partial charge is 0.253 e. The van der Waals surface area contributed by atoms with Gasteiger partial charge in [0.25, 0.3) is 5.91 Å². The van der Waals surface area contributed by atoms with Crippen LogP contribution in [0, 0.1) is 0 Å². The van der Waals surface area contributed by atoms with E-state index in [0.717, 1.165) is 38.1 Å². The summed E-state index contributed by atoms with van der Waals surface area (Å²) in [7, 11) is 0. The van der Waals surface area contributed by atoms with Crippen LogP contribution in [0.15, 0.2) is 18.2 Å². The standard InChI is InChI=1S/C15H20N2O3/c16-12-4-6-17(7-5-12)15(18)11-2-3-13-14(10-11)20-9-1-8-19-13/h2-3,10,12H,1,4-9,16H2. The first kappa shape index (κ1) is 13.2. The number of carbonyl (C=O) groups is 1. The zero-order chi connectivity index (χ0) is 13.9. The van der Waals surface area contributed by atoms with Gasteiger partial charge in [0.1, 0.15) is 0 Å². The van der Waals surface area contributed by atoms with E-state index >= 15 is 0 Å². The van der Waals surface area contributed by atoms with E-state index < -0.39 is 0 Å². The number of piperidine rings is 1. The Bertz CT molecular complexity index is 496. The molecular formula is C15H20N2O3. The van der Waals surface area contributed by atoms with Crippen LogP contribution in [0.3, 0.4) is 0 Å². The number of rotatable bonds is 1. The third kappa shape index (κ3) is 2.72. The topological polar surface area (TPSA) is 64.8 Å². The van der Waals surface area contributed by atoms with Crippen LogP contribution in [0.25, 0.3) is 0 Å². The highest BCUT2D eigenvalue weighted by atomic mass is 16.5. The summed E-state index contributed by atoms with van der Waals surface area (Å²) in [6, 6.07) is 5.65. The van der Waals surface area contributed by atoms with E-state index in [1.54, 1.807) is 6.07 Å². The maximum atomic E-state index is 12.5. The lowest BCUT2D eigenvalue weighted by Gasteiger charge is -2.30. The van der Waals surface area contributed by atoms with Crippen molar-refractivity contribution in [1.29, 1.82) is 0 Å². The van der Waals surface area contributed by atoms with Gasteiger partial charge in [-0.3, -0.25) is 4.79 Å². The fourth-order valence-corrected chi connectivity index (χ4v) is 2.58. The number of benzene rings is 1. The minimum atomic E-state index is 0.0487. The predicted molar refractivity (Wildman–Crippen MR) is 75.2 cm³/mol. The molecule has 2 aliphatic heterocycles. The van der Waals surface area contributed by atoms with Crippen LogP contribution in [0.2, 0.25) is 0 Å². The minimum Gasteiger partial charge on any atom is -0.490 e. The molecule has 5 heteroatoms. The highest BCUT2D eigenvalue weighted by Gasteiger charge is 2.23. The summed E-state index contributed by atoms with van der Waals surface area (Å²) in [6.07, 6.45) is 2.61. The Morgan fingerprint density at radius 3 is 2.60 bits per heavy atom. The van der Waals surface area contributed by atoms with Crippen molar-refractivity contribution in [2.75, 3.05) is 26.3 Å². The van der Waals surface area contributed by atoms with Crippen LogP contribution in [-0.2, 0) is 0 Å². The van der Waals surface area contributed by atoms with Crippen LogP contribution in [0.5, 0.6) is 11.5 Å². The highest BCUT2D eigenvalue weighted by Crippen LogP contribution is 2.31. The van der Waals surface area contributed by atoms with E-state index in [-0.39, 0.29) is 11.9 Å². The largest absolute Gasteiger partial charge is 0.490 e. The zero-order valence-electron chi connectivity index (χ0n) is 11.5. The molecule has 1 aromatic carbocycles. The predicted octanol–water partition coefficient (Wildman–Crippen LogP) is 1.41. The lowest BCUT2D eigenvalue weighted by molar-refractivity contribution is 0.0714. The van der Waals surface area contributed by atoms with Gasteiger partial charge in [0.15, 0.2) is 11.5 Å². The number of carbonyl (C=O) groups excluding carboxylic acids is 1. The van der Waals surface area contributed by atoms with E-state index in [1.807, 2.05) is 17.0 Å². The maximum Gasteiger partial charge on any atom is 0.253 e. The Morgan fingerprint density at radius 1 is 1.15 bits per heavy atom. The molecule has 0 aliphatic carbocycles. The zero-order valence-corrected chi connectivity index (χ0v) is 11.5. The van der Waals surface area contributed by atoms with Crippen LogP contribution in [0.4, 0.5) is 0 Å². The van der Waals surface area contributed by atoms with E-state index in [2.05, 4.69) is 0 Å². The highest BCUT2D eigenvalue weighted by molar-refractivity contribution is 5.95. The third-order valence-electron chi connectivity index (χ3n) is 3.82. The monoisotopic (exact) mass is 276 g/mol. The lowest BCUT2D eigenvalue weighted by atomic mass is 10.0. The number of hydrogen-bond acceptors (Lipinski definition) is 4. The Balaban J connectivity index is 1.76. The van der Waals surface area contributed by atoms with Crippen LogP contribution in [0.1, 0.15) is 29.6 Å². The molecule has 2 aliphatic rings. The Morgan fingerprint density at radius 2 is 1.85 bits per heavy atom. The second-order valence-electron chi connectivity index (χ2n) is 5.34. The van der Waals surface area contributed by atoms with Crippen LogP contribution >= 0.6 is 0 Å². The summed E-state index contributed by atoms with van der Waals surface area (Å²) in [6.45, 7) is 2.75. The van der Waals surface area contributed by atoms with Crippen molar-refractivity contribution in [3.8, 4) is 11.5 Å². The number of fused-ring (bicyclic) bond motifs is 1. The molecule has 1 fully saturated rings. The lowest BCUT2D eigenvalue weighted by Crippen LogP contribution is -2.42. The molecule has 20 heavy (non-hydrogen) atoms. The minimum absolute atomic E-state index is 0.0487. The van der Waals surface area contributed by atoms with Crippen molar-refractivity contribution in [2.45, 2.75) is 25.3 Å². The molecule has 0 bridgehead atoms. The molecule has 0 radical (unpaired) electrons. The maximum absolute atomic E-state index is 12.5. The van der Waals surface area contributed by atoms with Crippen molar-refractivity contribution in [1.82, 2.24) is 4.90 Å². The van der Waals surface area contributed by atoms with Gasteiger partial charge in [-0.05, 0) is 31.0 Å². The molecule has 0 atom stereocenters. The van der Waals surface area contributed by atoms with E-state index in [0.29, 0.717) is 24.5 Å². The van der Waals surface area contributed by atoms with Gasteiger partial charge in [0, 0.05) is 31.1 Å². The van der Waals surface area contributed by atoms with Gasteiger partial charge in [-0.25, -0.2) is 0 Å². The van der Waals surface area contributed by atoms with E-state index in [4.69, 9.17) is 15.2 Å². The van der Waals surface area contributed by atoms with Crippen molar-refractivity contribution in [3.63, 3.8) is 0 Å².